The van der Waals surface area contributed by atoms with Crippen molar-refractivity contribution in [2.45, 2.75) is 57.5 Å². The zero-order valence-corrected chi connectivity index (χ0v) is 24.0. The third-order valence-electron chi connectivity index (χ3n) is 7.83. The first-order valence-electron chi connectivity index (χ1n) is 12.8. The van der Waals surface area contributed by atoms with Gasteiger partial charge in [0.1, 0.15) is 12.0 Å². The Hall–Kier alpha value is -1.78. The molecule has 202 valence electrons. The van der Waals surface area contributed by atoms with Crippen molar-refractivity contribution >= 4 is 39.1 Å². The number of aromatic nitrogens is 2. The molecule has 8 nitrogen and oxygen atoms in total. The third kappa shape index (κ3) is 6.81. The van der Waals surface area contributed by atoms with Crippen LogP contribution in [0.4, 0.5) is 0 Å². The molecule has 4 rings (SSSR count). The monoisotopic (exact) mass is 567 g/mol. The number of piperidine rings is 2. The van der Waals surface area contributed by atoms with Crippen LogP contribution >= 0.6 is 23.2 Å². The molecule has 0 spiro atoms. The summed E-state index contributed by atoms with van der Waals surface area (Å²) in [5.74, 6) is -0.0392. The Morgan fingerprint density at radius 1 is 1.03 bits per heavy atom. The molecule has 0 unspecified atom stereocenters. The van der Waals surface area contributed by atoms with Crippen LogP contribution in [0, 0.1) is 6.92 Å². The summed E-state index contributed by atoms with van der Waals surface area (Å²) in [6, 6.07) is 6.10. The number of benzene rings is 1. The zero-order valence-electron chi connectivity index (χ0n) is 21.7. The van der Waals surface area contributed by atoms with Crippen molar-refractivity contribution in [1.29, 1.82) is 0 Å². The summed E-state index contributed by atoms with van der Waals surface area (Å²) >= 11 is 12.2. The minimum Gasteiger partial charge on any atom is -0.337 e. The molecule has 11 heteroatoms. The van der Waals surface area contributed by atoms with E-state index in [1.54, 1.807) is 13.1 Å². The van der Waals surface area contributed by atoms with E-state index < -0.39 is 10.0 Å². The van der Waals surface area contributed by atoms with Gasteiger partial charge in [0.15, 0.2) is 0 Å². The highest BCUT2D eigenvalue weighted by atomic mass is 35.5. The molecule has 2 fully saturated rings. The molecule has 2 aliphatic rings. The maximum atomic E-state index is 13.4. The van der Waals surface area contributed by atoms with Crippen LogP contribution in [-0.4, -0.2) is 90.0 Å². The number of hydrogen-bond acceptors (Lipinski definition) is 6. The zero-order chi connectivity index (χ0) is 26.7. The summed E-state index contributed by atoms with van der Waals surface area (Å²) in [6.45, 7) is 5.07. The molecule has 0 N–H and O–H groups in total. The van der Waals surface area contributed by atoms with E-state index in [1.165, 1.54) is 16.9 Å². The summed E-state index contributed by atoms with van der Waals surface area (Å²) in [4.78, 5) is 26.5. The SMILES string of the molecule is Cc1c(CCc2ccc(Cl)c(Cl)c2)ncnc1C(=O)N1CCC(N2CCC(N(C)S(C)(=O)=O)CC2)CC1. The fourth-order valence-corrected chi connectivity index (χ4v) is 6.45. The van der Waals surface area contributed by atoms with E-state index in [-0.39, 0.29) is 11.9 Å². The molecule has 2 aliphatic heterocycles. The fraction of sp³-hybridized carbons (Fsp3) is 0.577. The molecular formula is C26H35Cl2N5O3S. The minimum atomic E-state index is -3.17. The van der Waals surface area contributed by atoms with Gasteiger partial charge in [0.05, 0.1) is 16.3 Å². The second-order valence-corrected chi connectivity index (χ2v) is 13.0. The van der Waals surface area contributed by atoms with E-state index in [2.05, 4.69) is 14.9 Å². The number of nitrogens with zero attached hydrogens (tertiary/aromatic N) is 5. The number of amides is 1. The highest BCUT2D eigenvalue weighted by molar-refractivity contribution is 7.88. The van der Waals surface area contributed by atoms with Gasteiger partial charge in [-0.05, 0) is 76.2 Å². The Bertz CT molecular complexity index is 1230. The highest BCUT2D eigenvalue weighted by Crippen LogP contribution is 2.26. The number of aryl methyl sites for hydroxylation is 2. The smallest absolute Gasteiger partial charge is 0.272 e. The van der Waals surface area contributed by atoms with Gasteiger partial charge >= 0.3 is 0 Å². The molecule has 0 saturated carbocycles. The Labute approximate surface area is 230 Å². The number of carbonyl (C=O) groups is 1. The average Bonchev–Trinajstić information content (AvgIpc) is 2.89. The first kappa shape index (κ1) is 28.2. The molecular weight excluding hydrogens is 533 g/mol. The first-order chi connectivity index (χ1) is 17.5. The minimum absolute atomic E-state index is 0.0392. The summed E-state index contributed by atoms with van der Waals surface area (Å²) < 4.78 is 25.2. The number of hydrogen-bond donors (Lipinski definition) is 0. The summed E-state index contributed by atoms with van der Waals surface area (Å²) in [5, 5.41) is 1.06. The van der Waals surface area contributed by atoms with Gasteiger partial charge in [-0.1, -0.05) is 29.3 Å². The molecule has 3 heterocycles. The van der Waals surface area contributed by atoms with Crippen LogP contribution in [0.2, 0.25) is 10.0 Å². The summed E-state index contributed by atoms with van der Waals surface area (Å²) in [5.41, 5.74) is 3.23. The van der Waals surface area contributed by atoms with Gasteiger partial charge in [-0.15, -0.1) is 0 Å². The van der Waals surface area contributed by atoms with Crippen molar-refractivity contribution in [3.05, 3.63) is 57.1 Å². The Morgan fingerprint density at radius 3 is 2.32 bits per heavy atom. The molecule has 2 aromatic rings. The van der Waals surface area contributed by atoms with Gasteiger partial charge in [-0.2, -0.15) is 0 Å². The van der Waals surface area contributed by atoms with E-state index >= 15 is 0 Å². The van der Waals surface area contributed by atoms with Gasteiger partial charge < -0.3 is 9.80 Å². The van der Waals surface area contributed by atoms with Gasteiger partial charge in [0.2, 0.25) is 10.0 Å². The fourth-order valence-electron chi connectivity index (χ4n) is 5.38. The topological polar surface area (TPSA) is 86.7 Å². The Balaban J connectivity index is 1.31. The predicted octanol–water partition coefficient (Wildman–Crippen LogP) is 3.84. The van der Waals surface area contributed by atoms with Gasteiger partial charge in [0, 0.05) is 43.5 Å². The average molecular weight is 569 g/mol. The van der Waals surface area contributed by atoms with Crippen molar-refractivity contribution in [2.24, 2.45) is 0 Å². The molecule has 1 aromatic heterocycles. The molecule has 37 heavy (non-hydrogen) atoms. The number of rotatable bonds is 7. The van der Waals surface area contributed by atoms with Crippen LogP contribution in [0.5, 0.6) is 0 Å². The van der Waals surface area contributed by atoms with Crippen LogP contribution < -0.4 is 0 Å². The van der Waals surface area contributed by atoms with E-state index in [9.17, 15) is 13.2 Å². The van der Waals surface area contributed by atoms with Crippen LogP contribution in [0.3, 0.4) is 0 Å². The molecule has 1 aromatic carbocycles. The maximum Gasteiger partial charge on any atom is 0.272 e. The number of sulfonamides is 1. The second-order valence-electron chi connectivity index (χ2n) is 10.1. The lowest BCUT2D eigenvalue weighted by Crippen LogP contribution is -2.52. The quantitative estimate of drug-likeness (QED) is 0.505. The third-order valence-corrected chi connectivity index (χ3v) is 9.91. The van der Waals surface area contributed by atoms with E-state index in [4.69, 9.17) is 23.2 Å². The lowest BCUT2D eigenvalue weighted by atomic mass is 9.97. The molecule has 0 aliphatic carbocycles. The summed E-state index contributed by atoms with van der Waals surface area (Å²) in [7, 11) is -1.49. The highest BCUT2D eigenvalue weighted by Gasteiger charge is 2.33. The lowest BCUT2D eigenvalue weighted by Gasteiger charge is -2.43. The molecule has 0 radical (unpaired) electrons. The summed E-state index contributed by atoms with van der Waals surface area (Å²) in [6.07, 6.45) is 7.67. The molecule has 0 bridgehead atoms. The van der Waals surface area contributed by atoms with Crippen LogP contribution in [0.25, 0.3) is 0 Å². The number of likely N-dealkylation sites (tertiary alicyclic amines) is 2. The van der Waals surface area contributed by atoms with Crippen molar-refractivity contribution in [3.8, 4) is 0 Å². The normalized spacial score (nSPS) is 18.5. The van der Waals surface area contributed by atoms with E-state index in [0.717, 1.165) is 62.0 Å². The van der Waals surface area contributed by atoms with E-state index in [0.29, 0.717) is 41.3 Å². The van der Waals surface area contributed by atoms with Crippen molar-refractivity contribution in [1.82, 2.24) is 24.1 Å². The standard InChI is InChI=1S/C26H35Cl2N5O3S/c1-18-24(7-5-19-4-6-22(27)23(28)16-19)29-17-30-25(18)26(34)33-14-10-21(11-15-33)32-12-8-20(9-13-32)31(2)37(3,35)36/h4,6,16-17,20-21H,5,7-15H2,1-3H3. The predicted molar refractivity (Wildman–Crippen MR) is 147 cm³/mol. The number of halogens is 2. The van der Waals surface area contributed by atoms with Crippen LogP contribution in [0.15, 0.2) is 24.5 Å². The molecule has 0 atom stereocenters. The number of carbonyl (C=O) groups excluding carboxylic acids is 1. The Morgan fingerprint density at radius 2 is 1.70 bits per heavy atom. The van der Waals surface area contributed by atoms with Gasteiger partial charge in [0.25, 0.3) is 5.91 Å². The van der Waals surface area contributed by atoms with Crippen LogP contribution in [-0.2, 0) is 22.9 Å². The van der Waals surface area contributed by atoms with Crippen molar-refractivity contribution < 1.29 is 13.2 Å². The van der Waals surface area contributed by atoms with Gasteiger partial charge in [-0.25, -0.2) is 22.7 Å². The Kier molecular flexibility index (Phi) is 9.12. The van der Waals surface area contributed by atoms with Crippen molar-refractivity contribution in [3.63, 3.8) is 0 Å². The molecule has 2 saturated heterocycles. The van der Waals surface area contributed by atoms with Crippen LogP contribution in [0.1, 0.15) is 53.0 Å². The molecule has 1 amide bonds. The maximum absolute atomic E-state index is 13.4. The largest absolute Gasteiger partial charge is 0.337 e. The first-order valence-corrected chi connectivity index (χ1v) is 15.4. The second kappa shape index (κ2) is 11.9. The van der Waals surface area contributed by atoms with Crippen molar-refractivity contribution in [2.75, 3.05) is 39.5 Å². The van der Waals surface area contributed by atoms with Gasteiger partial charge in [-0.3, -0.25) is 4.79 Å². The lowest BCUT2D eigenvalue weighted by molar-refractivity contribution is 0.0542. The van der Waals surface area contributed by atoms with E-state index in [1.807, 2.05) is 24.0 Å².